The average Bonchev–Trinajstić information content (AvgIpc) is 2.64. The molecule has 152 valence electrons. The number of hydrogen-bond acceptors (Lipinski definition) is 4. The van der Waals surface area contributed by atoms with Gasteiger partial charge in [0.2, 0.25) is 11.8 Å². The number of urea groups is 1. The fourth-order valence-electron chi connectivity index (χ4n) is 3.23. The van der Waals surface area contributed by atoms with Crippen LogP contribution in [0.2, 0.25) is 0 Å². The fraction of sp³-hybridized carbons (Fsp3) is 0.500. The molecule has 2 heterocycles. The molecule has 10 heteroatoms. The van der Waals surface area contributed by atoms with E-state index in [4.69, 9.17) is 4.74 Å². The van der Waals surface area contributed by atoms with Crippen molar-refractivity contribution in [1.82, 2.24) is 15.1 Å². The number of hydrogen-bond donors (Lipinski definition) is 1. The van der Waals surface area contributed by atoms with Gasteiger partial charge in [-0.25, -0.2) is 4.79 Å². The Morgan fingerprint density at radius 2 is 2.07 bits per heavy atom. The minimum atomic E-state index is -4.47. The van der Waals surface area contributed by atoms with Crippen LogP contribution in [0.1, 0.15) is 30.6 Å². The predicted molar refractivity (Wildman–Crippen MR) is 91.0 cm³/mol. The molecule has 2 aliphatic heterocycles. The molecule has 7 nitrogen and oxygen atoms in total. The van der Waals surface area contributed by atoms with Gasteiger partial charge >= 0.3 is 12.2 Å². The molecule has 2 atom stereocenters. The smallest absolute Gasteiger partial charge is 0.370 e. The van der Waals surface area contributed by atoms with Gasteiger partial charge in [0, 0.05) is 13.0 Å². The highest BCUT2D eigenvalue weighted by Crippen LogP contribution is 2.32. The summed E-state index contributed by atoms with van der Waals surface area (Å²) in [6, 6.07) is 3.92. The molecule has 0 saturated carbocycles. The summed E-state index contributed by atoms with van der Waals surface area (Å²) in [5.74, 6) is -0.740. The Morgan fingerprint density at radius 3 is 2.75 bits per heavy atom. The van der Waals surface area contributed by atoms with E-state index in [0.29, 0.717) is 5.56 Å². The molecule has 28 heavy (non-hydrogen) atoms. The number of carbonyl (C=O) groups is 3. The quantitative estimate of drug-likeness (QED) is 0.843. The molecule has 0 aliphatic carbocycles. The average molecular weight is 399 g/mol. The summed E-state index contributed by atoms with van der Waals surface area (Å²) in [6.07, 6.45) is -5.05. The van der Waals surface area contributed by atoms with Crippen molar-refractivity contribution in [3.63, 3.8) is 0 Å². The minimum absolute atomic E-state index is 0.0791. The maximum atomic E-state index is 13.0. The van der Waals surface area contributed by atoms with Gasteiger partial charge in [0.05, 0.1) is 24.8 Å². The Labute approximate surface area is 159 Å². The van der Waals surface area contributed by atoms with Crippen molar-refractivity contribution < 1.29 is 32.3 Å². The van der Waals surface area contributed by atoms with Gasteiger partial charge in [0.1, 0.15) is 12.6 Å². The Morgan fingerprint density at radius 1 is 1.32 bits per heavy atom. The van der Waals surface area contributed by atoms with Crippen molar-refractivity contribution in [3.8, 4) is 0 Å². The van der Waals surface area contributed by atoms with Crippen LogP contribution >= 0.6 is 0 Å². The summed E-state index contributed by atoms with van der Waals surface area (Å²) in [7, 11) is 0. The van der Waals surface area contributed by atoms with Crippen LogP contribution in [0.25, 0.3) is 0 Å². The molecular weight excluding hydrogens is 379 g/mol. The van der Waals surface area contributed by atoms with Crippen molar-refractivity contribution in [2.75, 3.05) is 26.2 Å². The summed E-state index contributed by atoms with van der Waals surface area (Å²) in [5.41, 5.74) is -0.444. The van der Waals surface area contributed by atoms with Crippen LogP contribution in [0.3, 0.4) is 0 Å². The molecule has 0 aromatic heterocycles. The van der Waals surface area contributed by atoms with Crippen molar-refractivity contribution in [3.05, 3.63) is 35.4 Å². The Kier molecular flexibility index (Phi) is 5.59. The summed E-state index contributed by atoms with van der Waals surface area (Å²) in [4.78, 5) is 38.4. The van der Waals surface area contributed by atoms with Crippen molar-refractivity contribution in [2.24, 2.45) is 0 Å². The second kappa shape index (κ2) is 7.78. The van der Waals surface area contributed by atoms with Crippen LogP contribution in [0.15, 0.2) is 24.3 Å². The highest BCUT2D eigenvalue weighted by Gasteiger charge is 2.35. The van der Waals surface area contributed by atoms with E-state index < -0.39 is 29.8 Å². The summed E-state index contributed by atoms with van der Waals surface area (Å²) in [6.45, 7) is 1.94. The zero-order valence-electron chi connectivity index (χ0n) is 15.2. The van der Waals surface area contributed by atoms with Gasteiger partial charge in [0.25, 0.3) is 0 Å². The van der Waals surface area contributed by atoms with Crippen LogP contribution in [0.5, 0.6) is 0 Å². The largest absolute Gasteiger partial charge is 0.416 e. The van der Waals surface area contributed by atoms with E-state index in [1.165, 1.54) is 21.9 Å². The zero-order chi connectivity index (χ0) is 20.5. The number of nitrogens with zero attached hydrogens (tertiary/aromatic N) is 2. The third kappa shape index (κ3) is 4.44. The van der Waals surface area contributed by atoms with Gasteiger partial charge in [-0.3, -0.25) is 14.9 Å². The van der Waals surface area contributed by atoms with Crippen molar-refractivity contribution in [1.29, 1.82) is 0 Å². The van der Waals surface area contributed by atoms with Gasteiger partial charge in [0.15, 0.2) is 0 Å². The van der Waals surface area contributed by atoms with E-state index in [9.17, 15) is 27.6 Å². The number of halogens is 3. The molecule has 1 aromatic carbocycles. The molecule has 1 N–H and O–H groups in total. The molecule has 0 spiro atoms. The number of ether oxygens (including phenoxy) is 1. The molecule has 2 fully saturated rings. The Hall–Kier alpha value is -2.62. The fourth-order valence-corrected chi connectivity index (χ4v) is 3.23. The zero-order valence-corrected chi connectivity index (χ0v) is 15.2. The first kappa shape index (κ1) is 20.1. The third-order valence-corrected chi connectivity index (χ3v) is 4.81. The topological polar surface area (TPSA) is 79.0 Å². The SMILES string of the molecule is CC1COC(c2cccc(C(F)(F)F)c2)CN1C(=O)CN1CCC(=O)NC1=O. The summed E-state index contributed by atoms with van der Waals surface area (Å²) >= 11 is 0. The number of carbonyl (C=O) groups excluding carboxylic acids is 3. The van der Waals surface area contributed by atoms with Crippen molar-refractivity contribution >= 4 is 17.8 Å². The van der Waals surface area contributed by atoms with E-state index in [-0.39, 0.29) is 44.6 Å². The van der Waals surface area contributed by atoms with E-state index in [2.05, 4.69) is 5.32 Å². The van der Waals surface area contributed by atoms with E-state index in [1.54, 1.807) is 6.92 Å². The lowest BCUT2D eigenvalue weighted by Gasteiger charge is -2.39. The Bertz CT molecular complexity index is 784. The first-order valence-electron chi connectivity index (χ1n) is 8.82. The third-order valence-electron chi connectivity index (χ3n) is 4.81. The first-order valence-corrected chi connectivity index (χ1v) is 8.82. The molecule has 2 saturated heterocycles. The highest BCUT2D eigenvalue weighted by molar-refractivity contribution is 5.98. The lowest BCUT2D eigenvalue weighted by molar-refractivity contribution is -0.146. The standard InChI is InChI=1S/C18H20F3N3O4/c1-11-10-28-14(12-3-2-4-13(7-12)18(19,20)21)8-24(11)16(26)9-23-6-5-15(25)22-17(23)27/h2-4,7,11,14H,5-6,8-10H2,1H3,(H,22,25,27). The monoisotopic (exact) mass is 399 g/mol. The second-order valence-corrected chi connectivity index (χ2v) is 6.87. The predicted octanol–water partition coefficient (Wildman–Crippen LogP) is 1.94. The van der Waals surface area contributed by atoms with E-state index in [1.807, 2.05) is 0 Å². The molecule has 0 radical (unpaired) electrons. The van der Waals surface area contributed by atoms with E-state index in [0.717, 1.165) is 12.1 Å². The van der Waals surface area contributed by atoms with Gasteiger partial charge in [-0.2, -0.15) is 13.2 Å². The van der Waals surface area contributed by atoms with Gasteiger partial charge < -0.3 is 14.5 Å². The summed E-state index contributed by atoms with van der Waals surface area (Å²) < 4.78 is 44.5. The van der Waals surface area contributed by atoms with Gasteiger partial charge in [-0.05, 0) is 24.6 Å². The maximum Gasteiger partial charge on any atom is 0.416 e. The van der Waals surface area contributed by atoms with E-state index >= 15 is 0 Å². The lowest BCUT2D eigenvalue weighted by atomic mass is 10.0. The number of amides is 4. The van der Waals surface area contributed by atoms with Gasteiger partial charge in [-0.15, -0.1) is 0 Å². The minimum Gasteiger partial charge on any atom is -0.370 e. The maximum absolute atomic E-state index is 13.0. The van der Waals surface area contributed by atoms with Crippen LogP contribution in [0.4, 0.5) is 18.0 Å². The van der Waals surface area contributed by atoms with Gasteiger partial charge in [-0.1, -0.05) is 12.1 Å². The molecule has 1 aromatic rings. The number of alkyl halides is 3. The molecule has 0 bridgehead atoms. The second-order valence-electron chi connectivity index (χ2n) is 6.87. The molecule has 4 amide bonds. The number of morpholine rings is 1. The first-order chi connectivity index (χ1) is 13.1. The number of nitrogens with one attached hydrogen (secondary N) is 1. The lowest BCUT2D eigenvalue weighted by Crippen LogP contribution is -2.55. The Balaban J connectivity index is 1.70. The van der Waals surface area contributed by atoms with Crippen LogP contribution in [-0.4, -0.2) is 59.9 Å². The highest BCUT2D eigenvalue weighted by atomic mass is 19.4. The van der Waals surface area contributed by atoms with Crippen LogP contribution in [-0.2, 0) is 20.5 Å². The van der Waals surface area contributed by atoms with Crippen molar-refractivity contribution in [2.45, 2.75) is 31.7 Å². The summed E-state index contributed by atoms with van der Waals surface area (Å²) in [5, 5.41) is 2.15. The van der Waals surface area contributed by atoms with Crippen LogP contribution < -0.4 is 5.32 Å². The van der Waals surface area contributed by atoms with Crippen LogP contribution in [0, 0.1) is 0 Å². The number of benzene rings is 1. The normalized spacial score (nSPS) is 23.6. The molecule has 2 unspecified atom stereocenters. The number of imide groups is 1. The molecule has 3 rings (SSSR count). The molecular formula is C18H20F3N3O4. The number of rotatable bonds is 3. The molecule has 2 aliphatic rings.